The van der Waals surface area contributed by atoms with Gasteiger partial charge < -0.3 is 30.3 Å². The molecule has 4 saturated carbocycles. The second kappa shape index (κ2) is 15.8. The first-order chi connectivity index (χ1) is 22.9. The SMILES string of the molecule is COC(=O)[C@@H](NC(=O)[C@H](CCC(=O)OC(C)(C)C)NC(=O)[C@H](CC(C)C)NC(=O)[C@@H]1CCCN1C(=O)C12CC3CC(CC(C3)C1)C2)C(C)C. The van der Waals surface area contributed by atoms with Crippen LogP contribution in [-0.2, 0) is 38.2 Å². The van der Waals surface area contributed by atoms with Crippen molar-refractivity contribution in [1.29, 1.82) is 0 Å². The van der Waals surface area contributed by atoms with Gasteiger partial charge in [-0.3, -0.25) is 24.0 Å². The smallest absolute Gasteiger partial charge is 0.328 e. The Morgan fingerprint density at radius 1 is 0.837 bits per heavy atom. The minimum absolute atomic E-state index is 0.0167. The van der Waals surface area contributed by atoms with Gasteiger partial charge in [-0.05, 0) is 115 Å². The predicted octanol–water partition coefficient (Wildman–Crippen LogP) is 3.65. The van der Waals surface area contributed by atoms with Crippen LogP contribution in [-0.4, -0.2) is 83.9 Å². The van der Waals surface area contributed by atoms with Crippen LogP contribution < -0.4 is 16.0 Å². The van der Waals surface area contributed by atoms with Crippen LogP contribution in [0.1, 0.15) is 119 Å². The molecule has 0 unspecified atom stereocenters. The van der Waals surface area contributed by atoms with E-state index >= 15 is 0 Å². The number of amides is 4. The lowest BCUT2D eigenvalue weighted by Crippen LogP contribution is -2.60. The Hall–Kier alpha value is -3.18. The molecule has 0 aromatic carbocycles. The molecule has 5 aliphatic rings. The van der Waals surface area contributed by atoms with Crippen molar-refractivity contribution in [1.82, 2.24) is 20.9 Å². The number of likely N-dealkylation sites (tertiary alicyclic amines) is 1. The lowest BCUT2D eigenvalue weighted by molar-refractivity contribution is -0.160. The van der Waals surface area contributed by atoms with Crippen molar-refractivity contribution in [3.05, 3.63) is 0 Å². The molecule has 49 heavy (non-hydrogen) atoms. The summed E-state index contributed by atoms with van der Waals surface area (Å²) in [6.07, 6.45) is 7.73. The van der Waals surface area contributed by atoms with E-state index in [4.69, 9.17) is 9.47 Å². The van der Waals surface area contributed by atoms with Gasteiger partial charge in [-0.1, -0.05) is 27.7 Å². The van der Waals surface area contributed by atoms with Gasteiger partial charge in [-0.2, -0.15) is 0 Å². The van der Waals surface area contributed by atoms with Crippen molar-refractivity contribution < 1.29 is 38.2 Å². The number of methoxy groups -OCH3 is 1. The van der Waals surface area contributed by atoms with Gasteiger partial charge in [-0.25, -0.2) is 4.79 Å². The third-order valence-corrected chi connectivity index (χ3v) is 10.8. The molecule has 0 radical (unpaired) electrons. The first-order valence-electron chi connectivity index (χ1n) is 18.4. The van der Waals surface area contributed by atoms with Crippen LogP contribution in [0.15, 0.2) is 0 Å². The summed E-state index contributed by atoms with van der Waals surface area (Å²) in [6.45, 7) is 13.1. The summed E-state index contributed by atoms with van der Waals surface area (Å²) in [4.78, 5) is 82.3. The molecule has 3 N–H and O–H groups in total. The van der Waals surface area contributed by atoms with Gasteiger partial charge in [0.2, 0.25) is 23.6 Å². The fourth-order valence-electron chi connectivity index (χ4n) is 9.00. The molecule has 0 aromatic heterocycles. The quantitative estimate of drug-likeness (QED) is 0.233. The van der Waals surface area contributed by atoms with Crippen LogP contribution in [0.2, 0.25) is 0 Å². The molecule has 4 aliphatic carbocycles. The second-order valence-corrected chi connectivity index (χ2v) is 17.0. The van der Waals surface area contributed by atoms with Crippen LogP contribution in [0.3, 0.4) is 0 Å². The Bertz CT molecular complexity index is 1220. The Morgan fingerprint density at radius 3 is 1.92 bits per heavy atom. The highest BCUT2D eigenvalue weighted by Crippen LogP contribution is 2.60. The van der Waals surface area contributed by atoms with E-state index in [-0.39, 0.29) is 41.9 Å². The number of hydrogen-bond donors (Lipinski definition) is 3. The number of carbonyl (C=O) groups excluding carboxylic acids is 6. The Morgan fingerprint density at radius 2 is 1.41 bits per heavy atom. The van der Waals surface area contributed by atoms with Gasteiger partial charge >= 0.3 is 11.9 Å². The normalized spacial score (nSPS) is 27.8. The van der Waals surface area contributed by atoms with E-state index in [1.807, 2.05) is 13.8 Å². The number of carbonyl (C=O) groups is 6. The zero-order valence-corrected chi connectivity index (χ0v) is 30.9. The van der Waals surface area contributed by atoms with Crippen molar-refractivity contribution in [2.75, 3.05) is 13.7 Å². The molecule has 1 aliphatic heterocycles. The van der Waals surface area contributed by atoms with Crippen molar-refractivity contribution in [2.45, 2.75) is 149 Å². The van der Waals surface area contributed by atoms with E-state index in [9.17, 15) is 28.8 Å². The average molecular weight is 689 g/mol. The second-order valence-electron chi connectivity index (χ2n) is 17.0. The topological polar surface area (TPSA) is 160 Å². The Balaban J connectivity index is 1.47. The van der Waals surface area contributed by atoms with Gasteiger partial charge in [0, 0.05) is 13.0 Å². The standard InChI is InChI=1S/C37H60N4O8/c1-21(2)14-27(32(44)38-26(11-12-29(42)49-36(5,6)7)31(43)40-30(22(3)4)34(46)48-8)39-33(45)28-10-9-13-41(28)35(47)37-18-23-15-24(19-37)17-25(16-23)20-37/h21-28,30H,9-20H2,1-8H3,(H,38,44)(H,39,45)(H,40,43)/t23?,24?,25?,26-,27-,28-,30-,37?/m0/s1. The van der Waals surface area contributed by atoms with Crippen molar-refractivity contribution in [3.63, 3.8) is 0 Å². The maximum atomic E-state index is 14.2. The van der Waals surface area contributed by atoms with E-state index in [0.717, 1.165) is 25.7 Å². The Labute approximate surface area is 291 Å². The summed E-state index contributed by atoms with van der Waals surface area (Å²) >= 11 is 0. The summed E-state index contributed by atoms with van der Waals surface area (Å²) in [5.74, 6) is -1.13. The third kappa shape index (κ3) is 9.75. The van der Waals surface area contributed by atoms with Crippen molar-refractivity contribution in [3.8, 4) is 0 Å². The van der Waals surface area contributed by atoms with Gasteiger partial charge in [0.1, 0.15) is 29.8 Å². The molecule has 1 saturated heterocycles. The van der Waals surface area contributed by atoms with Crippen LogP contribution in [0.5, 0.6) is 0 Å². The fraction of sp³-hybridized carbons (Fsp3) is 0.838. The molecule has 276 valence electrons. The predicted molar refractivity (Wildman–Crippen MR) is 183 cm³/mol. The molecule has 1 heterocycles. The molecule has 5 fully saturated rings. The average Bonchev–Trinajstić information content (AvgIpc) is 3.48. The van der Waals surface area contributed by atoms with E-state index in [0.29, 0.717) is 37.1 Å². The molecular weight excluding hydrogens is 628 g/mol. The highest BCUT2D eigenvalue weighted by atomic mass is 16.6. The lowest BCUT2D eigenvalue weighted by Gasteiger charge is -2.56. The molecule has 4 bridgehead atoms. The van der Waals surface area contributed by atoms with Crippen molar-refractivity contribution in [2.24, 2.45) is 35.0 Å². The van der Waals surface area contributed by atoms with Gasteiger partial charge in [0.25, 0.3) is 0 Å². The summed E-state index contributed by atoms with van der Waals surface area (Å²) in [5, 5.41) is 8.36. The summed E-state index contributed by atoms with van der Waals surface area (Å²) in [6, 6.07) is -3.80. The van der Waals surface area contributed by atoms with Crippen LogP contribution >= 0.6 is 0 Å². The number of ether oxygens (including phenoxy) is 2. The molecular formula is C37H60N4O8. The Kier molecular flexibility index (Phi) is 12.4. The molecule has 0 aromatic rings. The molecule has 5 rings (SSSR count). The minimum Gasteiger partial charge on any atom is -0.467 e. The molecule has 4 amide bonds. The number of nitrogens with zero attached hydrogens (tertiary/aromatic N) is 1. The fourth-order valence-corrected chi connectivity index (χ4v) is 9.00. The molecule has 12 heteroatoms. The lowest BCUT2D eigenvalue weighted by atomic mass is 9.49. The highest BCUT2D eigenvalue weighted by molar-refractivity contribution is 5.96. The number of hydrogen-bond acceptors (Lipinski definition) is 8. The molecule has 4 atom stereocenters. The zero-order valence-electron chi connectivity index (χ0n) is 30.9. The van der Waals surface area contributed by atoms with Crippen molar-refractivity contribution >= 4 is 35.6 Å². The number of esters is 2. The summed E-state index contributed by atoms with van der Waals surface area (Å²) in [7, 11) is 1.23. The van der Waals surface area contributed by atoms with E-state index < -0.39 is 53.5 Å². The minimum atomic E-state index is -1.20. The monoisotopic (exact) mass is 688 g/mol. The molecule has 0 spiro atoms. The molecule has 12 nitrogen and oxygen atoms in total. The van der Waals surface area contributed by atoms with Gasteiger partial charge in [0.15, 0.2) is 0 Å². The number of rotatable bonds is 14. The van der Waals surface area contributed by atoms with E-state index in [1.54, 1.807) is 39.5 Å². The first-order valence-corrected chi connectivity index (χ1v) is 18.4. The van der Waals surface area contributed by atoms with Crippen LogP contribution in [0.4, 0.5) is 0 Å². The summed E-state index contributed by atoms with van der Waals surface area (Å²) in [5.41, 5.74) is -1.09. The van der Waals surface area contributed by atoms with Gasteiger partial charge in [0.05, 0.1) is 12.5 Å². The van der Waals surface area contributed by atoms with Crippen LogP contribution in [0, 0.1) is 35.0 Å². The number of nitrogens with one attached hydrogen (secondary N) is 3. The third-order valence-electron chi connectivity index (χ3n) is 10.8. The maximum Gasteiger partial charge on any atom is 0.328 e. The van der Waals surface area contributed by atoms with E-state index in [2.05, 4.69) is 16.0 Å². The maximum absolute atomic E-state index is 14.2. The largest absolute Gasteiger partial charge is 0.467 e. The van der Waals surface area contributed by atoms with Gasteiger partial charge in [-0.15, -0.1) is 0 Å². The summed E-state index contributed by atoms with van der Waals surface area (Å²) < 4.78 is 10.3. The zero-order chi connectivity index (χ0) is 36.3. The van der Waals surface area contributed by atoms with Crippen LogP contribution in [0.25, 0.3) is 0 Å². The first kappa shape index (κ1) is 38.6. The van der Waals surface area contributed by atoms with E-state index in [1.165, 1.54) is 26.4 Å². The highest BCUT2D eigenvalue weighted by Gasteiger charge is 2.57.